The highest BCUT2D eigenvalue weighted by atomic mass is 35.5. The van der Waals surface area contributed by atoms with Crippen molar-refractivity contribution in [1.82, 2.24) is 9.55 Å². The fraction of sp³-hybridized carbons (Fsp3) is 0.417. The van der Waals surface area contributed by atoms with Crippen molar-refractivity contribution in [3.63, 3.8) is 0 Å². The number of aryl methyl sites for hydroxylation is 1. The van der Waals surface area contributed by atoms with E-state index in [4.69, 9.17) is 11.6 Å². The lowest BCUT2D eigenvalue weighted by atomic mass is 10.3. The molecular weight excluding hydrogens is 278 g/mol. The molecule has 0 N–H and O–H groups in total. The molecule has 2 nitrogen and oxygen atoms in total. The summed E-state index contributed by atoms with van der Waals surface area (Å²) in [5.74, 6) is -0.352. The van der Waals surface area contributed by atoms with Crippen LogP contribution in [-0.4, -0.2) is 21.6 Å². The molecule has 1 atom stereocenters. The van der Waals surface area contributed by atoms with E-state index in [0.717, 1.165) is 11.8 Å². The third-order valence-corrected chi connectivity index (χ3v) is 3.49. The van der Waals surface area contributed by atoms with Gasteiger partial charge in [-0.2, -0.15) is 11.8 Å². The van der Waals surface area contributed by atoms with Gasteiger partial charge in [-0.25, -0.2) is 13.8 Å². The maximum Gasteiger partial charge on any atom is 0.184 e. The van der Waals surface area contributed by atoms with Crippen molar-refractivity contribution in [2.24, 2.45) is 0 Å². The average Bonchev–Trinajstić information content (AvgIpc) is 2.71. The first-order valence-electron chi connectivity index (χ1n) is 5.53. The van der Waals surface area contributed by atoms with Gasteiger partial charge in [0.15, 0.2) is 11.6 Å². The van der Waals surface area contributed by atoms with E-state index in [1.165, 1.54) is 6.07 Å². The number of hydrogen-bond acceptors (Lipinski definition) is 2. The van der Waals surface area contributed by atoms with Gasteiger partial charge in [0.05, 0.1) is 10.9 Å². The molecule has 0 aliphatic rings. The van der Waals surface area contributed by atoms with Gasteiger partial charge in [0, 0.05) is 12.3 Å². The van der Waals surface area contributed by atoms with Crippen LogP contribution in [0.25, 0.3) is 11.0 Å². The van der Waals surface area contributed by atoms with Crippen molar-refractivity contribution < 1.29 is 8.78 Å². The minimum Gasteiger partial charge on any atom is -0.323 e. The summed E-state index contributed by atoms with van der Waals surface area (Å²) in [6.45, 7) is 2.33. The molecule has 98 valence electrons. The van der Waals surface area contributed by atoms with Crippen LogP contribution in [0.5, 0.6) is 0 Å². The molecule has 1 aromatic heterocycles. The Labute approximate surface area is 113 Å². The van der Waals surface area contributed by atoms with Gasteiger partial charge in [-0.15, -0.1) is 11.6 Å². The van der Waals surface area contributed by atoms with Crippen LogP contribution in [-0.2, 0) is 6.54 Å². The summed E-state index contributed by atoms with van der Waals surface area (Å²) in [5, 5.41) is -0.346. The lowest BCUT2D eigenvalue weighted by molar-refractivity contribution is 0.511. The van der Waals surface area contributed by atoms with E-state index >= 15 is 0 Å². The number of thioether (sulfide) groups is 1. The number of halogens is 3. The van der Waals surface area contributed by atoms with Gasteiger partial charge in [-0.3, -0.25) is 0 Å². The third kappa shape index (κ3) is 2.34. The Morgan fingerprint density at radius 3 is 2.78 bits per heavy atom. The van der Waals surface area contributed by atoms with E-state index in [2.05, 4.69) is 4.98 Å². The summed E-state index contributed by atoms with van der Waals surface area (Å²) in [6, 6.07) is 2.57. The van der Waals surface area contributed by atoms with Crippen molar-refractivity contribution >= 4 is 34.4 Å². The molecule has 0 aliphatic carbocycles. The molecule has 0 aliphatic heterocycles. The highest BCUT2D eigenvalue weighted by Gasteiger charge is 2.19. The first-order chi connectivity index (χ1) is 8.56. The Bertz CT molecular complexity index is 569. The zero-order valence-electron chi connectivity index (χ0n) is 10.1. The highest BCUT2D eigenvalue weighted by molar-refractivity contribution is 7.98. The molecule has 2 aromatic rings. The van der Waals surface area contributed by atoms with Crippen molar-refractivity contribution in [3.8, 4) is 0 Å². The summed E-state index contributed by atoms with van der Waals surface area (Å²) < 4.78 is 28.9. The average molecular weight is 291 g/mol. The maximum atomic E-state index is 13.9. The zero-order valence-corrected chi connectivity index (χ0v) is 11.7. The number of benzene rings is 1. The Balaban J connectivity index is 2.66. The largest absolute Gasteiger partial charge is 0.323 e. The highest BCUT2D eigenvalue weighted by Crippen LogP contribution is 2.27. The predicted molar refractivity (Wildman–Crippen MR) is 72.3 cm³/mol. The summed E-state index contributed by atoms with van der Waals surface area (Å²) in [5.41, 5.74) is 0.643. The van der Waals surface area contributed by atoms with E-state index in [-0.39, 0.29) is 10.9 Å². The molecule has 18 heavy (non-hydrogen) atoms. The number of hydrogen-bond donors (Lipinski definition) is 0. The van der Waals surface area contributed by atoms with Crippen LogP contribution in [0.2, 0.25) is 0 Å². The monoisotopic (exact) mass is 290 g/mol. The smallest absolute Gasteiger partial charge is 0.184 e. The van der Waals surface area contributed by atoms with Crippen molar-refractivity contribution in [2.75, 3.05) is 12.0 Å². The molecule has 2 rings (SSSR count). The van der Waals surface area contributed by atoms with Gasteiger partial charge in [0.1, 0.15) is 11.3 Å². The Kier molecular flexibility index (Phi) is 4.12. The summed E-state index contributed by atoms with van der Waals surface area (Å²) in [4.78, 5) is 4.28. The molecule has 0 fully saturated rings. The number of fused-ring (bicyclic) bond motifs is 1. The predicted octanol–water partition coefficient (Wildman–Crippen LogP) is 3.98. The van der Waals surface area contributed by atoms with E-state index in [1.54, 1.807) is 23.3 Å². The number of aromatic nitrogens is 2. The summed E-state index contributed by atoms with van der Waals surface area (Å²) >= 11 is 7.68. The van der Waals surface area contributed by atoms with E-state index in [1.807, 2.05) is 6.26 Å². The van der Waals surface area contributed by atoms with Crippen LogP contribution in [0.4, 0.5) is 8.78 Å². The lowest BCUT2D eigenvalue weighted by Gasteiger charge is -2.09. The van der Waals surface area contributed by atoms with Crippen LogP contribution < -0.4 is 0 Å². The van der Waals surface area contributed by atoms with Gasteiger partial charge in [0.25, 0.3) is 0 Å². The van der Waals surface area contributed by atoms with Crippen molar-refractivity contribution in [2.45, 2.75) is 18.8 Å². The fourth-order valence-corrected chi connectivity index (χ4v) is 2.42. The Morgan fingerprint density at radius 2 is 2.17 bits per heavy atom. The zero-order chi connectivity index (χ0) is 13.3. The first-order valence-corrected chi connectivity index (χ1v) is 7.36. The van der Waals surface area contributed by atoms with Crippen LogP contribution in [0.3, 0.4) is 0 Å². The molecule has 0 radical (unpaired) electrons. The van der Waals surface area contributed by atoms with Crippen LogP contribution in [0.15, 0.2) is 12.1 Å². The molecule has 0 bridgehead atoms. The standard InChI is InChI=1S/C12H13ClF2N2S/c1-7(13)12-16-9-4-3-8(14)10(15)11(9)17(12)5-6-18-2/h3-4,7H,5-6H2,1-2H3. The Morgan fingerprint density at radius 1 is 1.44 bits per heavy atom. The molecule has 0 spiro atoms. The van der Waals surface area contributed by atoms with Crippen molar-refractivity contribution in [3.05, 3.63) is 29.6 Å². The molecular formula is C12H13ClF2N2S. The maximum absolute atomic E-state index is 13.9. The fourth-order valence-electron chi connectivity index (χ4n) is 1.89. The second-order valence-electron chi connectivity index (χ2n) is 3.96. The van der Waals surface area contributed by atoms with Crippen LogP contribution in [0.1, 0.15) is 18.1 Å². The number of alkyl halides is 1. The second kappa shape index (κ2) is 5.45. The molecule has 1 unspecified atom stereocenters. The van der Waals surface area contributed by atoms with Gasteiger partial charge in [-0.05, 0) is 25.3 Å². The molecule has 1 aromatic carbocycles. The molecule has 0 saturated carbocycles. The third-order valence-electron chi connectivity index (χ3n) is 2.70. The number of nitrogens with zero attached hydrogens (tertiary/aromatic N) is 2. The lowest BCUT2D eigenvalue weighted by Crippen LogP contribution is -2.07. The van der Waals surface area contributed by atoms with Gasteiger partial charge in [0.2, 0.25) is 0 Å². The minimum absolute atomic E-state index is 0.201. The molecule has 6 heteroatoms. The van der Waals surface area contributed by atoms with Gasteiger partial charge >= 0.3 is 0 Å². The van der Waals surface area contributed by atoms with E-state index in [0.29, 0.717) is 17.9 Å². The van der Waals surface area contributed by atoms with Crippen LogP contribution >= 0.6 is 23.4 Å². The summed E-state index contributed by atoms with van der Waals surface area (Å²) in [6.07, 6.45) is 1.96. The summed E-state index contributed by atoms with van der Waals surface area (Å²) in [7, 11) is 0. The normalized spacial score (nSPS) is 13.2. The van der Waals surface area contributed by atoms with Crippen LogP contribution in [0, 0.1) is 11.6 Å². The molecule has 0 amide bonds. The SMILES string of the molecule is CSCCn1c(C(C)Cl)nc2ccc(F)c(F)c21. The second-order valence-corrected chi connectivity index (χ2v) is 5.60. The van der Waals surface area contributed by atoms with Crippen molar-refractivity contribution in [1.29, 1.82) is 0 Å². The number of rotatable bonds is 4. The molecule has 1 heterocycles. The first kappa shape index (κ1) is 13.6. The van der Waals surface area contributed by atoms with E-state index in [9.17, 15) is 8.78 Å². The number of imidazole rings is 1. The van der Waals surface area contributed by atoms with E-state index < -0.39 is 11.6 Å². The quantitative estimate of drug-likeness (QED) is 0.793. The molecule has 0 saturated heterocycles. The van der Waals surface area contributed by atoms with Gasteiger partial charge in [-0.1, -0.05) is 0 Å². The van der Waals surface area contributed by atoms with Gasteiger partial charge < -0.3 is 4.57 Å². The minimum atomic E-state index is -0.860. The topological polar surface area (TPSA) is 17.8 Å². The Hall–Kier alpha value is -0.810.